The van der Waals surface area contributed by atoms with Crippen LogP contribution in [-0.2, 0) is 14.3 Å². The van der Waals surface area contributed by atoms with Gasteiger partial charge in [-0.25, -0.2) is 4.79 Å². The fourth-order valence-corrected chi connectivity index (χ4v) is 4.19. The summed E-state index contributed by atoms with van der Waals surface area (Å²) in [6, 6.07) is 6.43. The van der Waals surface area contributed by atoms with Crippen molar-refractivity contribution in [3.63, 3.8) is 0 Å². The molecule has 2 bridgehead atoms. The van der Waals surface area contributed by atoms with E-state index >= 15 is 0 Å². The van der Waals surface area contributed by atoms with Crippen LogP contribution in [0.2, 0.25) is 0 Å². The SMILES string of the molecule is COC(=O)c1ccc(N2C(=O)[C@@H]3[C@@H](C2=O)[C@@H]2C=C[C@@H]3CC2)cc1. The van der Waals surface area contributed by atoms with Gasteiger partial charge in [0.05, 0.1) is 30.2 Å². The van der Waals surface area contributed by atoms with Gasteiger partial charge in [0.1, 0.15) is 0 Å². The zero-order valence-corrected chi connectivity index (χ0v) is 12.8. The number of amides is 2. The van der Waals surface area contributed by atoms with E-state index in [2.05, 4.69) is 16.9 Å². The molecule has 1 aliphatic heterocycles. The summed E-state index contributed by atoms with van der Waals surface area (Å²) in [5, 5.41) is 0. The molecule has 5 rings (SSSR count). The molecule has 1 aromatic carbocycles. The second-order valence-electron chi connectivity index (χ2n) is 6.39. The largest absolute Gasteiger partial charge is 0.465 e. The van der Waals surface area contributed by atoms with Crippen molar-refractivity contribution in [3.05, 3.63) is 42.0 Å². The Morgan fingerprint density at radius 3 is 1.96 bits per heavy atom. The molecule has 5 heteroatoms. The maximum absolute atomic E-state index is 12.8. The minimum Gasteiger partial charge on any atom is -0.465 e. The molecule has 5 nitrogen and oxygen atoms in total. The average molecular weight is 311 g/mol. The zero-order chi connectivity index (χ0) is 16.1. The summed E-state index contributed by atoms with van der Waals surface area (Å²) < 4.78 is 4.66. The number of methoxy groups -OCH3 is 1. The van der Waals surface area contributed by atoms with Crippen LogP contribution >= 0.6 is 0 Å². The molecule has 2 amide bonds. The molecule has 0 N–H and O–H groups in total. The standard InChI is InChI=1S/C18H17NO4/c1-23-18(22)12-6-8-13(9-7-12)19-16(20)14-10-2-3-11(5-4-10)15(14)17(19)21/h2-3,6-11,14-15H,4-5H2,1H3/t10-,11-,14+,15+/m1/s1. The molecule has 0 radical (unpaired) electrons. The number of allylic oxidation sites excluding steroid dienone is 2. The Labute approximate surface area is 133 Å². The zero-order valence-electron chi connectivity index (χ0n) is 12.8. The molecule has 4 atom stereocenters. The van der Waals surface area contributed by atoms with Crippen LogP contribution in [0, 0.1) is 23.7 Å². The van der Waals surface area contributed by atoms with E-state index in [0.29, 0.717) is 11.3 Å². The molecular formula is C18H17NO4. The van der Waals surface area contributed by atoms with Crippen molar-refractivity contribution in [1.82, 2.24) is 0 Å². The van der Waals surface area contributed by atoms with E-state index < -0.39 is 5.97 Å². The van der Waals surface area contributed by atoms with Gasteiger partial charge in [0.15, 0.2) is 0 Å². The van der Waals surface area contributed by atoms with Gasteiger partial charge in [0.25, 0.3) is 0 Å². The van der Waals surface area contributed by atoms with Crippen LogP contribution < -0.4 is 4.90 Å². The average Bonchev–Trinajstić information content (AvgIpc) is 2.89. The minimum atomic E-state index is -0.438. The molecule has 4 aliphatic rings. The molecule has 1 heterocycles. The van der Waals surface area contributed by atoms with Gasteiger partial charge in [0.2, 0.25) is 11.8 Å². The third-order valence-electron chi connectivity index (χ3n) is 5.31. The van der Waals surface area contributed by atoms with E-state index in [-0.39, 0.29) is 35.5 Å². The molecule has 118 valence electrons. The van der Waals surface area contributed by atoms with E-state index in [1.807, 2.05) is 0 Å². The van der Waals surface area contributed by atoms with Crippen LogP contribution in [-0.4, -0.2) is 24.9 Å². The minimum absolute atomic E-state index is 0.107. The Bertz CT molecular complexity index is 689. The van der Waals surface area contributed by atoms with Crippen LogP contribution in [0.25, 0.3) is 0 Å². The molecule has 0 aromatic heterocycles. The van der Waals surface area contributed by atoms with Crippen LogP contribution in [0.1, 0.15) is 23.2 Å². The first-order valence-electron chi connectivity index (χ1n) is 7.86. The van der Waals surface area contributed by atoms with Crippen molar-refractivity contribution in [2.45, 2.75) is 12.8 Å². The number of esters is 1. The van der Waals surface area contributed by atoms with E-state index in [4.69, 9.17) is 0 Å². The Hall–Kier alpha value is -2.43. The smallest absolute Gasteiger partial charge is 0.337 e. The highest BCUT2D eigenvalue weighted by atomic mass is 16.5. The van der Waals surface area contributed by atoms with Gasteiger partial charge in [-0.2, -0.15) is 0 Å². The van der Waals surface area contributed by atoms with Crippen molar-refractivity contribution in [2.24, 2.45) is 23.7 Å². The number of fused-ring (bicyclic) bond motifs is 1. The molecule has 0 unspecified atom stereocenters. The Morgan fingerprint density at radius 2 is 1.52 bits per heavy atom. The lowest BCUT2D eigenvalue weighted by Crippen LogP contribution is -2.38. The van der Waals surface area contributed by atoms with Crippen molar-refractivity contribution < 1.29 is 19.1 Å². The van der Waals surface area contributed by atoms with E-state index in [1.54, 1.807) is 24.3 Å². The second-order valence-corrected chi connectivity index (χ2v) is 6.39. The van der Waals surface area contributed by atoms with Crippen LogP contribution in [0.15, 0.2) is 36.4 Å². The molecule has 2 fully saturated rings. The summed E-state index contributed by atoms with van der Waals surface area (Å²) in [6.45, 7) is 0. The Balaban J connectivity index is 1.67. The quantitative estimate of drug-likeness (QED) is 0.477. The topological polar surface area (TPSA) is 63.7 Å². The van der Waals surface area contributed by atoms with Gasteiger partial charge >= 0.3 is 5.97 Å². The first kappa shape index (κ1) is 14.2. The number of rotatable bonds is 2. The summed E-state index contributed by atoms with van der Waals surface area (Å²) in [4.78, 5) is 38.4. The summed E-state index contributed by atoms with van der Waals surface area (Å²) in [5.74, 6) is -0.721. The number of imide groups is 1. The third kappa shape index (κ3) is 1.96. The van der Waals surface area contributed by atoms with Crippen molar-refractivity contribution in [2.75, 3.05) is 12.0 Å². The summed E-state index contributed by atoms with van der Waals surface area (Å²) in [7, 11) is 1.32. The van der Waals surface area contributed by atoms with Gasteiger partial charge in [-0.15, -0.1) is 0 Å². The van der Waals surface area contributed by atoms with E-state index in [1.165, 1.54) is 12.0 Å². The number of benzene rings is 1. The van der Waals surface area contributed by atoms with E-state index in [0.717, 1.165) is 12.8 Å². The number of carbonyl (C=O) groups is 3. The number of hydrogen-bond donors (Lipinski definition) is 0. The second kappa shape index (κ2) is 5.05. The molecule has 3 aliphatic carbocycles. The summed E-state index contributed by atoms with van der Waals surface area (Å²) in [6.07, 6.45) is 6.17. The molecule has 1 saturated heterocycles. The van der Waals surface area contributed by atoms with Crippen LogP contribution in [0.3, 0.4) is 0 Å². The fourth-order valence-electron chi connectivity index (χ4n) is 4.19. The van der Waals surface area contributed by atoms with Gasteiger partial charge in [0, 0.05) is 0 Å². The van der Waals surface area contributed by atoms with Crippen molar-refractivity contribution >= 4 is 23.5 Å². The third-order valence-corrected chi connectivity index (χ3v) is 5.31. The first-order chi connectivity index (χ1) is 11.1. The van der Waals surface area contributed by atoms with Crippen LogP contribution in [0.4, 0.5) is 5.69 Å². The maximum Gasteiger partial charge on any atom is 0.337 e. The lowest BCUT2D eigenvalue weighted by atomic mass is 9.63. The number of hydrogen-bond acceptors (Lipinski definition) is 4. The lowest BCUT2D eigenvalue weighted by molar-refractivity contribution is -0.124. The molecule has 1 saturated carbocycles. The van der Waals surface area contributed by atoms with Gasteiger partial charge in [-0.05, 0) is 48.9 Å². The fraction of sp³-hybridized carbons (Fsp3) is 0.389. The Morgan fingerprint density at radius 1 is 1.00 bits per heavy atom. The molecule has 0 spiro atoms. The normalized spacial score (nSPS) is 31.4. The highest BCUT2D eigenvalue weighted by Crippen LogP contribution is 2.50. The van der Waals surface area contributed by atoms with Gasteiger partial charge in [-0.3, -0.25) is 14.5 Å². The lowest BCUT2D eigenvalue weighted by Gasteiger charge is -2.38. The van der Waals surface area contributed by atoms with Gasteiger partial charge in [-0.1, -0.05) is 12.2 Å². The number of nitrogens with zero attached hydrogens (tertiary/aromatic N) is 1. The molecular weight excluding hydrogens is 294 g/mol. The monoisotopic (exact) mass is 311 g/mol. The van der Waals surface area contributed by atoms with Crippen molar-refractivity contribution in [1.29, 1.82) is 0 Å². The molecule has 23 heavy (non-hydrogen) atoms. The maximum atomic E-state index is 12.8. The number of carbonyl (C=O) groups excluding carboxylic acids is 3. The van der Waals surface area contributed by atoms with Crippen LogP contribution in [0.5, 0.6) is 0 Å². The van der Waals surface area contributed by atoms with E-state index in [9.17, 15) is 14.4 Å². The Kier molecular flexibility index (Phi) is 3.11. The number of anilines is 1. The predicted octanol–water partition coefficient (Wildman–Crippen LogP) is 2.17. The van der Waals surface area contributed by atoms with Gasteiger partial charge < -0.3 is 4.74 Å². The highest BCUT2D eigenvalue weighted by Gasteiger charge is 2.56. The summed E-state index contributed by atoms with van der Waals surface area (Å²) >= 11 is 0. The van der Waals surface area contributed by atoms with Crippen molar-refractivity contribution in [3.8, 4) is 0 Å². The molecule has 1 aromatic rings. The summed E-state index contributed by atoms with van der Waals surface area (Å²) in [5.41, 5.74) is 0.927. The number of ether oxygens (including phenoxy) is 1. The highest BCUT2D eigenvalue weighted by molar-refractivity contribution is 6.22. The predicted molar refractivity (Wildman–Crippen MR) is 82.6 cm³/mol. The first-order valence-corrected chi connectivity index (χ1v) is 7.86.